The number of rotatable bonds is 3. The van der Waals surface area contributed by atoms with Crippen molar-refractivity contribution in [2.45, 2.75) is 25.2 Å². The highest BCUT2D eigenvalue weighted by Gasteiger charge is 2.29. The summed E-state index contributed by atoms with van der Waals surface area (Å²) in [6, 6.07) is 5.85. The Morgan fingerprint density at radius 2 is 1.73 bits per heavy atom. The fourth-order valence-corrected chi connectivity index (χ4v) is 3.54. The van der Waals surface area contributed by atoms with E-state index >= 15 is 0 Å². The molecule has 1 aliphatic rings. The lowest BCUT2D eigenvalue weighted by Crippen LogP contribution is -2.34. The van der Waals surface area contributed by atoms with Crippen molar-refractivity contribution >= 4 is 5.91 Å². The standard InChI is InChI=1S/C21H17F4N3O2/c22-13-4-6-15(17(24)9-13)20-26-19(27-30-20)12-3-1-2-8-28(11-12)21(29)16-7-5-14(23)10-18(16)25/h4-7,9-10,12H,1-3,8,11H2. The normalized spacial score (nSPS) is 17.1. The van der Waals surface area contributed by atoms with E-state index in [0.29, 0.717) is 25.5 Å². The van der Waals surface area contributed by atoms with Gasteiger partial charge in [0.1, 0.15) is 23.3 Å². The van der Waals surface area contributed by atoms with Crippen LogP contribution < -0.4 is 0 Å². The Balaban J connectivity index is 1.56. The van der Waals surface area contributed by atoms with E-state index in [-0.39, 0.29) is 35.3 Å². The SMILES string of the molecule is O=C(c1ccc(F)cc1F)N1CCCCC(c2noc(-c3ccc(F)cc3F)n2)C1. The maximum atomic E-state index is 14.0. The number of likely N-dealkylation sites (tertiary alicyclic amines) is 1. The highest BCUT2D eigenvalue weighted by molar-refractivity contribution is 5.94. The number of hydrogen-bond donors (Lipinski definition) is 0. The van der Waals surface area contributed by atoms with Gasteiger partial charge in [0.2, 0.25) is 0 Å². The number of aromatic nitrogens is 2. The molecule has 2 heterocycles. The van der Waals surface area contributed by atoms with E-state index in [4.69, 9.17) is 4.52 Å². The predicted molar refractivity (Wildman–Crippen MR) is 98.5 cm³/mol. The van der Waals surface area contributed by atoms with E-state index in [2.05, 4.69) is 10.1 Å². The molecule has 156 valence electrons. The number of carbonyl (C=O) groups excluding carboxylic acids is 1. The van der Waals surface area contributed by atoms with Crippen LogP contribution in [0.25, 0.3) is 11.5 Å². The smallest absolute Gasteiger partial charge is 0.260 e. The molecule has 2 aromatic carbocycles. The third-order valence-corrected chi connectivity index (χ3v) is 5.09. The minimum absolute atomic E-state index is 0.0231. The molecule has 0 radical (unpaired) electrons. The Bertz CT molecular complexity index is 1090. The summed E-state index contributed by atoms with van der Waals surface area (Å²) in [7, 11) is 0. The van der Waals surface area contributed by atoms with Crippen LogP contribution in [-0.4, -0.2) is 34.0 Å². The summed E-state index contributed by atoms with van der Waals surface area (Å²) in [5, 5.41) is 3.91. The Labute approximate surface area is 169 Å². The summed E-state index contributed by atoms with van der Waals surface area (Å²) >= 11 is 0. The van der Waals surface area contributed by atoms with E-state index in [0.717, 1.165) is 30.7 Å². The third kappa shape index (κ3) is 4.05. The fourth-order valence-electron chi connectivity index (χ4n) is 3.54. The second kappa shape index (κ2) is 8.25. The third-order valence-electron chi connectivity index (χ3n) is 5.09. The molecule has 1 amide bonds. The van der Waals surface area contributed by atoms with Gasteiger partial charge in [0.25, 0.3) is 11.8 Å². The van der Waals surface area contributed by atoms with Gasteiger partial charge in [0.05, 0.1) is 11.1 Å². The van der Waals surface area contributed by atoms with Crippen LogP contribution in [0.2, 0.25) is 0 Å². The van der Waals surface area contributed by atoms with Crippen molar-refractivity contribution in [3.05, 3.63) is 71.1 Å². The lowest BCUT2D eigenvalue weighted by Gasteiger charge is -2.23. The summed E-state index contributed by atoms with van der Waals surface area (Å²) in [5.41, 5.74) is -0.232. The van der Waals surface area contributed by atoms with Gasteiger partial charge in [-0.2, -0.15) is 4.98 Å². The van der Waals surface area contributed by atoms with Gasteiger partial charge in [-0.3, -0.25) is 4.79 Å². The molecule has 0 saturated carbocycles. The summed E-state index contributed by atoms with van der Waals surface area (Å²) in [4.78, 5) is 18.5. The number of amides is 1. The highest BCUT2D eigenvalue weighted by atomic mass is 19.1. The largest absolute Gasteiger partial charge is 0.338 e. The van der Waals surface area contributed by atoms with Crippen molar-refractivity contribution < 1.29 is 26.9 Å². The molecule has 30 heavy (non-hydrogen) atoms. The lowest BCUT2D eigenvalue weighted by atomic mass is 10.0. The van der Waals surface area contributed by atoms with Crippen LogP contribution in [0.4, 0.5) is 17.6 Å². The topological polar surface area (TPSA) is 59.2 Å². The zero-order valence-corrected chi connectivity index (χ0v) is 15.7. The van der Waals surface area contributed by atoms with Crippen molar-refractivity contribution in [2.24, 2.45) is 0 Å². The van der Waals surface area contributed by atoms with Crippen molar-refractivity contribution in [3.8, 4) is 11.5 Å². The summed E-state index contributed by atoms with van der Waals surface area (Å²) in [6.45, 7) is 0.615. The zero-order chi connectivity index (χ0) is 21.3. The van der Waals surface area contributed by atoms with Crippen molar-refractivity contribution in [1.29, 1.82) is 0 Å². The average molecular weight is 419 g/mol. The van der Waals surface area contributed by atoms with Crippen LogP contribution in [0.15, 0.2) is 40.9 Å². The molecule has 4 rings (SSSR count). The molecule has 1 unspecified atom stereocenters. The van der Waals surface area contributed by atoms with Gasteiger partial charge in [-0.15, -0.1) is 0 Å². The van der Waals surface area contributed by atoms with Gasteiger partial charge in [-0.25, -0.2) is 17.6 Å². The molecule has 0 bridgehead atoms. The molecule has 1 fully saturated rings. The first-order valence-corrected chi connectivity index (χ1v) is 9.45. The van der Waals surface area contributed by atoms with Gasteiger partial charge in [-0.1, -0.05) is 11.6 Å². The maximum Gasteiger partial charge on any atom is 0.260 e. The highest BCUT2D eigenvalue weighted by Crippen LogP contribution is 2.29. The van der Waals surface area contributed by atoms with Gasteiger partial charge < -0.3 is 9.42 Å². The molecule has 0 spiro atoms. The molecule has 1 aliphatic heterocycles. The second-order valence-corrected chi connectivity index (χ2v) is 7.15. The molecule has 1 saturated heterocycles. The van der Waals surface area contributed by atoms with E-state index in [9.17, 15) is 22.4 Å². The molecular weight excluding hydrogens is 402 g/mol. The average Bonchev–Trinajstić information content (AvgIpc) is 3.05. The monoisotopic (exact) mass is 419 g/mol. The van der Waals surface area contributed by atoms with Gasteiger partial charge in [-0.05, 0) is 37.1 Å². The Kier molecular flexibility index (Phi) is 5.52. The molecule has 0 aliphatic carbocycles. The lowest BCUT2D eigenvalue weighted by molar-refractivity contribution is 0.0748. The minimum Gasteiger partial charge on any atom is -0.338 e. The molecule has 0 N–H and O–H groups in total. The molecule has 1 atom stereocenters. The first-order chi connectivity index (χ1) is 14.4. The van der Waals surface area contributed by atoms with Gasteiger partial charge in [0.15, 0.2) is 5.82 Å². The van der Waals surface area contributed by atoms with Crippen LogP contribution in [0.5, 0.6) is 0 Å². The number of nitrogens with zero attached hydrogens (tertiary/aromatic N) is 3. The summed E-state index contributed by atoms with van der Waals surface area (Å²) < 4.78 is 59.5. The second-order valence-electron chi connectivity index (χ2n) is 7.15. The van der Waals surface area contributed by atoms with Crippen molar-refractivity contribution in [1.82, 2.24) is 15.0 Å². The number of hydrogen-bond acceptors (Lipinski definition) is 4. The van der Waals surface area contributed by atoms with E-state index in [1.165, 1.54) is 11.0 Å². The van der Waals surface area contributed by atoms with Crippen LogP contribution in [0.1, 0.15) is 41.4 Å². The number of halogens is 4. The van der Waals surface area contributed by atoms with Gasteiger partial charge >= 0.3 is 0 Å². The molecule has 9 heteroatoms. The predicted octanol–water partition coefficient (Wildman–Crippen LogP) is 4.70. The van der Waals surface area contributed by atoms with E-state index in [1.54, 1.807) is 0 Å². The van der Waals surface area contributed by atoms with E-state index in [1.807, 2.05) is 0 Å². The molecule has 3 aromatic rings. The summed E-state index contributed by atoms with van der Waals surface area (Å²) in [6.07, 6.45) is 2.12. The minimum atomic E-state index is -0.922. The van der Waals surface area contributed by atoms with Gasteiger partial charge in [0, 0.05) is 31.1 Å². The van der Waals surface area contributed by atoms with Crippen molar-refractivity contribution in [3.63, 3.8) is 0 Å². The van der Waals surface area contributed by atoms with Crippen molar-refractivity contribution in [2.75, 3.05) is 13.1 Å². The Hall–Kier alpha value is -3.23. The van der Waals surface area contributed by atoms with Crippen LogP contribution in [-0.2, 0) is 0 Å². The number of carbonyl (C=O) groups is 1. The maximum absolute atomic E-state index is 14.0. The fraction of sp³-hybridized carbons (Fsp3) is 0.286. The molecule has 5 nitrogen and oxygen atoms in total. The number of benzene rings is 2. The molecule has 1 aromatic heterocycles. The Morgan fingerprint density at radius 1 is 1.00 bits per heavy atom. The van der Waals surface area contributed by atoms with Crippen LogP contribution in [0, 0.1) is 23.3 Å². The first-order valence-electron chi connectivity index (χ1n) is 9.45. The Morgan fingerprint density at radius 3 is 2.47 bits per heavy atom. The van der Waals surface area contributed by atoms with Crippen LogP contribution >= 0.6 is 0 Å². The first kappa shape index (κ1) is 20.1. The van der Waals surface area contributed by atoms with E-state index < -0.39 is 29.2 Å². The zero-order valence-electron chi connectivity index (χ0n) is 15.7. The quantitative estimate of drug-likeness (QED) is 0.578. The molecular formula is C21H17F4N3O2. The summed E-state index contributed by atoms with van der Waals surface area (Å²) in [5.74, 6) is -3.88. The van der Waals surface area contributed by atoms with Crippen LogP contribution in [0.3, 0.4) is 0 Å².